The minimum absolute atomic E-state index is 0.136. The molecule has 1 atom stereocenters. The third-order valence-corrected chi connectivity index (χ3v) is 5.09. The van der Waals surface area contributed by atoms with Crippen LogP contribution in [-0.4, -0.2) is 44.9 Å². The highest BCUT2D eigenvalue weighted by molar-refractivity contribution is 5.95. The first kappa shape index (κ1) is 19.0. The Hall–Kier alpha value is -3.37. The fraction of sp³-hybridized carbons (Fsp3) is 0.318. The van der Waals surface area contributed by atoms with Crippen molar-refractivity contribution in [3.05, 3.63) is 47.0 Å². The van der Waals surface area contributed by atoms with Gasteiger partial charge in [-0.3, -0.25) is 9.69 Å². The zero-order valence-electron chi connectivity index (χ0n) is 16.4. The molecule has 0 fully saturated rings. The number of hydrogen-bond acceptors (Lipinski definition) is 6. The molecule has 2 aromatic rings. The average molecular weight is 394 g/mol. The van der Waals surface area contributed by atoms with Crippen LogP contribution in [0.2, 0.25) is 0 Å². The molecule has 0 saturated carbocycles. The van der Waals surface area contributed by atoms with E-state index in [2.05, 4.69) is 16.7 Å². The van der Waals surface area contributed by atoms with Crippen molar-refractivity contribution in [2.45, 2.75) is 12.5 Å². The maximum Gasteiger partial charge on any atom is 0.252 e. The summed E-state index contributed by atoms with van der Waals surface area (Å²) in [7, 11) is 3.65. The summed E-state index contributed by atoms with van der Waals surface area (Å²) in [6.45, 7) is 1.19. The lowest BCUT2D eigenvalue weighted by molar-refractivity contribution is 0.0997. The highest BCUT2D eigenvalue weighted by atomic mass is 16.7. The molecule has 1 amide bonds. The van der Waals surface area contributed by atoms with Crippen molar-refractivity contribution >= 4 is 5.91 Å². The molecule has 7 nitrogen and oxygen atoms in total. The second kappa shape index (κ2) is 7.94. The van der Waals surface area contributed by atoms with E-state index in [1.54, 1.807) is 31.4 Å². The second-order valence-electron chi connectivity index (χ2n) is 6.82. The molecule has 4 rings (SSSR count). The number of rotatable bonds is 4. The monoisotopic (exact) mass is 394 g/mol. The number of carbonyl (C=O) groups is 1. The molecule has 0 radical (unpaired) electrons. The molecule has 0 spiro atoms. The van der Waals surface area contributed by atoms with Gasteiger partial charge in [-0.15, -0.1) is 0 Å². The zero-order chi connectivity index (χ0) is 20.4. The maximum atomic E-state index is 11.5. The number of amides is 1. The number of hydrogen-bond donors (Lipinski definition) is 1. The van der Waals surface area contributed by atoms with Crippen LogP contribution in [0, 0.1) is 11.8 Å². The lowest BCUT2D eigenvalue weighted by atomic mass is 9.91. The molecular weight excluding hydrogens is 372 g/mol. The number of ether oxygens (including phenoxy) is 4. The van der Waals surface area contributed by atoms with Gasteiger partial charge in [-0.05, 0) is 37.2 Å². The third-order valence-electron chi connectivity index (χ3n) is 5.09. The zero-order valence-corrected chi connectivity index (χ0v) is 16.4. The Morgan fingerprint density at radius 2 is 2.17 bits per heavy atom. The van der Waals surface area contributed by atoms with E-state index in [-0.39, 0.29) is 19.4 Å². The second-order valence-corrected chi connectivity index (χ2v) is 6.82. The van der Waals surface area contributed by atoms with Gasteiger partial charge in [0.15, 0.2) is 11.5 Å². The first-order valence-electron chi connectivity index (χ1n) is 9.29. The topological polar surface area (TPSA) is 83.3 Å². The van der Waals surface area contributed by atoms with Gasteiger partial charge in [-0.1, -0.05) is 24.0 Å². The molecule has 2 N–H and O–H groups in total. The molecular formula is C22H22N2O5. The van der Waals surface area contributed by atoms with Gasteiger partial charge in [0, 0.05) is 12.1 Å². The van der Waals surface area contributed by atoms with E-state index < -0.39 is 5.91 Å². The molecule has 0 bridgehead atoms. The molecule has 150 valence electrons. The van der Waals surface area contributed by atoms with Gasteiger partial charge in [0.05, 0.1) is 12.7 Å². The first-order chi connectivity index (χ1) is 14.1. The highest BCUT2D eigenvalue weighted by Gasteiger charge is 2.33. The fourth-order valence-electron chi connectivity index (χ4n) is 3.66. The Morgan fingerprint density at radius 1 is 1.34 bits per heavy atom. The van der Waals surface area contributed by atoms with Gasteiger partial charge in [0.2, 0.25) is 12.5 Å². The molecule has 0 aromatic heterocycles. The number of benzene rings is 2. The summed E-state index contributed by atoms with van der Waals surface area (Å²) < 4.78 is 22.5. The summed E-state index contributed by atoms with van der Waals surface area (Å²) in [6, 6.07) is 8.70. The number of primary amides is 1. The van der Waals surface area contributed by atoms with Crippen molar-refractivity contribution in [3.8, 4) is 34.8 Å². The Kier molecular flexibility index (Phi) is 5.19. The SMILES string of the molecule is COc1c2c(cc3c1C(C#CCOc1ccccc1C(N)=O)N(C)CC3)OCO2. The van der Waals surface area contributed by atoms with Gasteiger partial charge in [0.25, 0.3) is 5.91 Å². The van der Waals surface area contributed by atoms with Crippen LogP contribution < -0.4 is 24.7 Å². The Balaban J connectivity index is 1.59. The largest absolute Gasteiger partial charge is 0.492 e. The number of fused-ring (bicyclic) bond motifs is 2. The summed E-state index contributed by atoms with van der Waals surface area (Å²) in [5, 5.41) is 0. The molecule has 2 heterocycles. The van der Waals surface area contributed by atoms with Crippen molar-refractivity contribution in [1.29, 1.82) is 0 Å². The van der Waals surface area contributed by atoms with E-state index in [4.69, 9.17) is 24.7 Å². The lowest BCUT2D eigenvalue weighted by Gasteiger charge is -2.32. The first-order valence-corrected chi connectivity index (χ1v) is 9.29. The van der Waals surface area contributed by atoms with Gasteiger partial charge in [-0.2, -0.15) is 0 Å². The predicted octanol–water partition coefficient (Wildman–Crippen LogP) is 2.13. The summed E-state index contributed by atoms with van der Waals surface area (Å²) >= 11 is 0. The van der Waals surface area contributed by atoms with Crippen LogP contribution in [0.5, 0.6) is 23.0 Å². The molecule has 0 aliphatic carbocycles. The standard InChI is InChI=1S/C22H22N2O5/c1-24-10-9-14-12-18-20(29-13-28-18)21(26-2)19(14)16(24)7-5-11-27-17-8-4-3-6-15(17)22(23)25/h3-4,6,8,12,16H,9-11,13H2,1-2H3,(H2,23,25). The fourth-order valence-corrected chi connectivity index (χ4v) is 3.66. The molecule has 2 aromatic carbocycles. The number of nitrogens with two attached hydrogens (primary N) is 1. The van der Waals surface area contributed by atoms with Crippen LogP contribution in [0.4, 0.5) is 0 Å². The van der Waals surface area contributed by atoms with Crippen molar-refractivity contribution in [3.63, 3.8) is 0 Å². The van der Waals surface area contributed by atoms with Gasteiger partial charge in [-0.25, -0.2) is 0 Å². The summed E-state index contributed by atoms with van der Waals surface area (Å²) in [5.41, 5.74) is 7.86. The van der Waals surface area contributed by atoms with Crippen LogP contribution in [0.3, 0.4) is 0 Å². The van der Waals surface area contributed by atoms with E-state index in [0.29, 0.717) is 28.6 Å². The summed E-state index contributed by atoms with van der Waals surface area (Å²) in [4.78, 5) is 13.7. The van der Waals surface area contributed by atoms with E-state index in [1.807, 2.05) is 13.1 Å². The van der Waals surface area contributed by atoms with Crippen molar-refractivity contribution in [2.75, 3.05) is 34.1 Å². The Morgan fingerprint density at radius 3 is 2.97 bits per heavy atom. The Bertz CT molecular complexity index is 1010. The van der Waals surface area contributed by atoms with Crippen molar-refractivity contribution in [2.24, 2.45) is 5.73 Å². The van der Waals surface area contributed by atoms with Crippen LogP contribution in [0.1, 0.15) is 27.5 Å². The average Bonchev–Trinajstić information content (AvgIpc) is 3.19. The van der Waals surface area contributed by atoms with E-state index in [1.165, 1.54) is 0 Å². The minimum atomic E-state index is -0.532. The molecule has 29 heavy (non-hydrogen) atoms. The predicted molar refractivity (Wildman–Crippen MR) is 106 cm³/mol. The molecule has 2 aliphatic heterocycles. The number of nitrogens with zero attached hydrogens (tertiary/aromatic N) is 1. The van der Waals surface area contributed by atoms with Crippen LogP contribution in [0.15, 0.2) is 30.3 Å². The quantitative estimate of drug-likeness (QED) is 0.800. The number of likely N-dealkylation sites (N-methyl/N-ethyl adjacent to an activating group) is 1. The molecule has 7 heteroatoms. The van der Waals surface area contributed by atoms with E-state index >= 15 is 0 Å². The number of carbonyl (C=O) groups excluding carboxylic acids is 1. The smallest absolute Gasteiger partial charge is 0.252 e. The van der Waals surface area contributed by atoms with E-state index in [0.717, 1.165) is 24.1 Å². The van der Waals surface area contributed by atoms with Crippen LogP contribution in [0.25, 0.3) is 0 Å². The summed E-state index contributed by atoms with van der Waals surface area (Å²) in [5.74, 6) is 8.23. The minimum Gasteiger partial charge on any atom is -0.492 e. The molecule has 0 saturated heterocycles. The van der Waals surface area contributed by atoms with Crippen molar-refractivity contribution < 1.29 is 23.7 Å². The Labute approximate surface area is 169 Å². The normalized spacial score (nSPS) is 17.1. The van der Waals surface area contributed by atoms with Gasteiger partial charge < -0.3 is 24.7 Å². The third kappa shape index (κ3) is 3.55. The maximum absolute atomic E-state index is 11.5. The van der Waals surface area contributed by atoms with Crippen LogP contribution >= 0.6 is 0 Å². The van der Waals surface area contributed by atoms with Crippen LogP contribution in [-0.2, 0) is 6.42 Å². The lowest BCUT2D eigenvalue weighted by Crippen LogP contribution is -2.31. The molecule has 1 unspecified atom stereocenters. The van der Waals surface area contributed by atoms with Gasteiger partial charge >= 0.3 is 0 Å². The summed E-state index contributed by atoms with van der Waals surface area (Å²) in [6.07, 6.45) is 0.875. The number of para-hydroxylation sites is 1. The van der Waals surface area contributed by atoms with Gasteiger partial charge in [0.1, 0.15) is 18.4 Å². The van der Waals surface area contributed by atoms with E-state index in [9.17, 15) is 4.79 Å². The number of methoxy groups -OCH3 is 1. The van der Waals surface area contributed by atoms with Crippen molar-refractivity contribution in [1.82, 2.24) is 4.90 Å². The molecule has 2 aliphatic rings. The highest BCUT2D eigenvalue weighted by Crippen LogP contribution is 2.49.